The molecule has 0 N–H and O–H groups in total. The van der Waals surface area contributed by atoms with Crippen LogP contribution in [0.3, 0.4) is 0 Å². The summed E-state index contributed by atoms with van der Waals surface area (Å²) in [7, 11) is 0. The molecule has 1 heterocycles. The maximum Gasteiger partial charge on any atom is 0.416 e. The van der Waals surface area contributed by atoms with Crippen LogP contribution >= 0.6 is 0 Å². The Morgan fingerprint density at radius 3 is 2.58 bits per heavy atom. The van der Waals surface area contributed by atoms with E-state index in [2.05, 4.69) is 11.5 Å². The Balaban J connectivity index is 1.94. The molecule has 0 saturated carbocycles. The molecule has 0 aliphatic carbocycles. The third-order valence-electron chi connectivity index (χ3n) is 3.89. The largest absolute Gasteiger partial charge is 0.481 e. The first-order chi connectivity index (χ1) is 11.3. The summed E-state index contributed by atoms with van der Waals surface area (Å²) in [6, 6.07) is 4.56. The van der Waals surface area contributed by atoms with Gasteiger partial charge < -0.3 is 9.64 Å². The number of halogens is 3. The lowest BCUT2D eigenvalue weighted by atomic mass is 10.2. The van der Waals surface area contributed by atoms with Crippen LogP contribution in [0.4, 0.5) is 13.2 Å². The smallest absolute Gasteiger partial charge is 0.416 e. The maximum atomic E-state index is 12.7. The van der Waals surface area contributed by atoms with E-state index in [4.69, 9.17) is 4.74 Å². The van der Waals surface area contributed by atoms with Crippen molar-refractivity contribution in [1.29, 1.82) is 0 Å². The van der Waals surface area contributed by atoms with Gasteiger partial charge in [-0.2, -0.15) is 13.2 Å². The highest BCUT2D eigenvalue weighted by molar-refractivity contribution is 5.81. The topological polar surface area (TPSA) is 32.8 Å². The molecule has 24 heavy (non-hydrogen) atoms. The van der Waals surface area contributed by atoms with E-state index in [0.29, 0.717) is 13.1 Å². The average Bonchev–Trinajstić information content (AvgIpc) is 2.54. The second-order valence-corrected chi connectivity index (χ2v) is 5.70. The molecule has 1 aromatic carbocycles. The second kappa shape index (κ2) is 7.70. The van der Waals surface area contributed by atoms with Gasteiger partial charge in [0.25, 0.3) is 5.91 Å². The highest BCUT2D eigenvalue weighted by Gasteiger charge is 2.31. The molecule has 132 valence electrons. The predicted molar refractivity (Wildman–Crippen MR) is 84.8 cm³/mol. The van der Waals surface area contributed by atoms with E-state index in [1.165, 1.54) is 12.1 Å². The number of carbonyl (C=O) groups is 1. The van der Waals surface area contributed by atoms with E-state index in [9.17, 15) is 18.0 Å². The number of piperazine rings is 1. The third kappa shape index (κ3) is 4.74. The first-order valence-electron chi connectivity index (χ1n) is 7.77. The summed E-state index contributed by atoms with van der Waals surface area (Å²) < 4.78 is 43.6. The van der Waals surface area contributed by atoms with Gasteiger partial charge in [0.1, 0.15) is 5.75 Å². The molecule has 1 aliphatic heterocycles. The molecule has 1 aromatic rings. The number of amides is 1. The highest BCUT2D eigenvalue weighted by atomic mass is 19.4. The first kappa shape index (κ1) is 18.3. The summed E-state index contributed by atoms with van der Waals surface area (Å²) in [5.74, 6) is -0.179. The molecule has 0 unspecified atom stereocenters. The monoisotopic (exact) mass is 342 g/mol. The molecule has 1 aliphatic rings. The Labute approximate surface area is 139 Å². The summed E-state index contributed by atoms with van der Waals surface area (Å²) in [5, 5.41) is 0. The van der Waals surface area contributed by atoms with Gasteiger partial charge in [-0.15, -0.1) is 6.58 Å². The lowest BCUT2D eigenvalue weighted by Crippen LogP contribution is -2.51. The van der Waals surface area contributed by atoms with Crippen LogP contribution < -0.4 is 4.74 Å². The van der Waals surface area contributed by atoms with Gasteiger partial charge in [-0.25, -0.2) is 0 Å². The highest BCUT2D eigenvalue weighted by Crippen LogP contribution is 2.31. The van der Waals surface area contributed by atoms with Crippen molar-refractivity contribution < 1.29 is 22.7 Å². The van der Waals surface area contributed by atoms with Gasteiger partial charge in [0, 0.05) is 32.7 Å². The van der Waals surface area contributed by atoms with Crippen molar-refractivity contribution in [3.05, 3.63) is 42.5 Å². The Morgan fingerprint density at radius 2 is 2.00 bits per heavy atom. The van der Waals surface area contributed by atoms with Crippen LogP contribution in [-0.4, -0.2) is 54.5 Å². The molecule has 1 saturated heterocycles. The standard InChI is InChI=1S/C17H21F3N2O2/c1-3-7-21-8-10-22(11-9-21)16(23)13(2)24-15-6-4-5-14(12-15)17(18,19)20/h3-6,12-13H,1,7-11H2,2H3/t13-/m1/s1. The van der Waals surface area contributed by atoms with Crippen molar-refractivity contribution >= 4 is 5.91 Å². The van der Waals surface area contributed by atoms with Gasteiger partial charge in [0.15, 0.2) is 6.10 Å². The third-order valence-corrected chi connectivity index (χ3v) is 3.89. The van der Waals surface area contributed by atoms with Crippen LogP contribution in [-0.2, 0) is 11.0 Å². The van der Waals surface area contributed by atoms with Gasteiger partial charge in [-0.3, -0.25) is 9.69 Å². The number of hydrogen-bond acceptors (Lipinski definition) is 3. The molecular weight excluding hydrogens is 321 g/mol. The quantitative estimate of drug-likeness (QED) is 0.772. The van der Waals surface area contributed by atoms with Crippen LogP contribution in [0.5, 0.6) is 5.75 Å². The van der Waals surface area contributed by atoms with E-state index < -0.39 is 17.8 Å². The van der Waals surface area contributed by atoms with Crippen molar-refractivity contribution in [1.82, 2.24) is 9.80 Å². The first-order valence-corrected chi connectivity index (χ1v) is 7.77. The fourth-order valence-electron chi connectivity index (χ4n) is 2.59. The minimum absolute atomic E-state index is 0.0379. The van der Waals surface area contributed by atoms with Gasteiger partial charge >= 0.3 is 6.18 Å². The van der Waals surface area contributed by atoms with E-state index in [1.54, 1.807) is 11.8 Å². The van der Waals surface area contributed by atoms with Crippen molar-refractivity contribution in [3.8, 4) is 5.75 Å². The number of ether oxygens (including phenoxy) is 1. The van der Waals surface area contributed by atoms with Crippen molar-refractivity contribution in [3.63, 3.8) is 0 Å². The summed E-state index contributed by atoms with van der Waals surface area (Å²) in [6.45, 7) is 8.65. The molecule has 1 amide bonds. The summed E-state index contributed by atoms with van der Waals surface area (Å²) in [6.07, 6.45) is -3.45. The number of hydrogen-bond donors (Lipinski definition) is 0. The van der Waals surface area contributed by atoms with Crippen molar-refractivity contribution in [2.24, 2.45) is 0 Å². The maximum absolute atomic E-state index is 12.7. The van der Waals surface area contributed by atoms with Crippen molar-refractivity contribution in [2.45, 2.75) is 19.2 Å². The minimum Gasteiger partial charge on any atom is -0.481 e. The zero-order valence-electron chi connectivity index (χ0n) is 13.6. The zero-order chi connectivity index (χ0) is 17.7. The van der Waals surface area contributed by atoms with Crippen LogP contribution in [0, 0.1) is 0 Å². The van der Waals surface area contributed by atoms with E-state index in [-0.39, 0.29) is 11.7 Å². The Hall–Kier alpha value is -2.02. The van der Waals surface area contributed by atoms with Gasteiger partial charge in [0.2, 0.25) is 0 Å². The van der Waals surface area contributed by atoms with Crippen LogP contribution in [0.2, 0.25) is 0 Å². The normalized spacial score (nSPS) is 17.4. The SMILES string of the molecule is C=CCN1CCN(C(=O)[C@@H](C)Oc2cccc(C(F)(F)F)c2)CC1. The molecule has 2 rings (SSSR count). The number of alkyl halides is 3. The summed E-state index contributed by atoms with van der Waals surface area (Å²) in [4.78, 5) is 16.2. The number of rotatable bonds is 5. The average molecular weight is 342 g/mol. The lowest BCUT2D eigenvalue weighted by Gasteiger charge is -2.35. The molecule has 1 fully saturated rings. The summed E-state index contributed by atoms with van der Waals surface area (Å²) >= 11 is 0. The summed E-state index contributed by atoms with van der Waals surface area (Å²) in [5.41, 5.74) is -0.794. The molecule has 0 radical (unpaired) electrons. The molecule has 0 aromatic heterocycles. The Morgan fingerprint density at radius 1 is 1.33 bits per heavy atom. The molecule has 1 atom stereocenters. The molecule has 0 spiro atoms. The Kier molecular flexibility index (Phi) is 5.88. The van der Waals surface area contributed by atoms with E-state index >= 15 is 0 Å². The minimum atomic E-state index is -4.44. The molecular formula is C17H21F3N2O2. The van der Waals surface area contributed by atoms with Gasteiger partial charge in [0.05, 0.1) is 5.56 Å². The number of nitrogens with zero attached hydrogens (tertiary/aromatic N) is 2. The number of carbonyl (C=O) groups excluding carboxylic acids is 1. The van der Waals surface area contributed by atoms with Crippen LogP contribution in [0.25, 0.3) is 0 Å². The lowest BCUT2D eigenvalue weighted by molar-refractivity contribution is -0.139. The second-order valence-electron chi connectivity index (χ2n) is 5.70. The Bertz CT molecular complexity index is 581. The van der Waals surface area contributed by atoms with Crippen LogP contribution in [0.1, 0.15) is 12.5 Å². The fourth-order valence-corrected chi connectivity index (χ4v) is 2.59. The molecule has 7 heteroatoms. The molecule has 4 nitrogen and oxygen atoms in total. The van der Waals surface area contributed by atoms with Gasteiger partial charge in [-0.1, -0.05) is 12.1 Å². The van der Waals surface area contributed by atoms with E-state index in [1.807, 2.05) is 6.08 Å². The van der Waals surface area contributed by atoms with Gasteiger partial charge in [-0.05, 0) is 25.1 Å². The van der Waals surface area contributed by atoms with E-state index in [0.717, 1.165) is 31.8 Å². The zero-order valence-corrected chi connectivity index (χ0v) is 13.6. The predicted octanol–water partition coefficient (Wildman–Crippen LogP) is 2.80. The molecule has 0 bridgehead atoms. The van der Waals surface area contributed by atoms with Crippen LogP contribution in [0.15, 0.2) is 36.9 Å². The fraction of sp³-hybridized carbons (Fsp3) is 0.471. The number of benzene rings is 1. The van der Waals surface area contributed by atoms with Crippen molar-refractivity contribution in [2.75, 3.05) is 32.7 Å².